The van der Waals surface area contributed by atoms with Crippen molar-refractivity contribution < 1.29 is 28.8 Å². The molecule has 0 aliphatic carbocycles. The molecule has 0 aromatic rings. The monoisotopic (exact) mass is 375 g/mol. The normalized spacial score (nSPS) is 10.9. The molecule has 0 aromatic heterocycles. The van der Waals surface area contributed by atoms with Gasteiger partial charge in [-0.3, -0.25) is 0 Å². The van der Waals surface area contributed by atoms with Crippen LogP contribution in [-0.2, 0) is 4.79 Å². The molecule has 0 radical (unpaired) electrons. The minimum atomic E-state index is -0.907. The summed E-state index contributed by atoms with van der Waals surface area (Å²) in [5, 5.41) is 10.6. The fourth-order valence-electron chi connectivity index (χ4n) is 3.53. The van der Waals surface area contributed by atoms with Crippen molar-refractivity contribution in [1.29, 1.82) is 0 Å². The Hall–Kier alpha value is 0.0274. The Balaban J connectivity index is 0. The van der Waals surface area contributed by atoms with Gasteiger partial charge in [-0.05, 0) is 51.7 Å². The summed E-state index contributed by atoms with van der Waals surface area (Å²) in [7, 11) is 0. The smallest absolute Gasteiger partial charge is 0.550 e. The number of carbonyl (C=O) groups excluding carboxylic acids is 1. The second-order valence-electron chi connectivity index (χ2n) is 7.91. The van der Waals surface area contributed by atoms with Crippen LogP contribution in [0, 0.1) is 0 Å². The molecule has 0 atom stereocenters. The van der Waals surface area contributed by atoms with Crippen LogP contribution in [0.15, 0.2) is 0 Å². The number of hydrogen-bond donors (Lipinski definition) is 0. The fraction of sp³-hybridized carbons (Fsp3) is 0.957. The molecular formula is C23H46LiNO2. The van der Waals surface area contributed by atoms with Crippen molar-refractivity contribution in [3.8, 4) is 0 Å². The van der Waals surface area contributed by atoms with Crippen molar-refractivity contribution in [2.75, 3.05) is 19.6 Å². The molecule has 3 nitrogen and oxygen atoms in total. The summed E-state index contributed by atoms with van der Waals surface area (Å²) in [6, 6.07) is 0. The predicted molar refractivity (Wildman–Crippen MR) is 111 cm³/mol. The van der Waals surface area contributed by atoms with Crippen LogP contribution in [0.3, 0.4) is 0 Å². The van der Waals surface area contributed by atoms with Crippen LogP contribution in [-0.4, -0.2) is 30.5 Å². The number of carboxylic acids is 1. The molecule has 27 heavy (non-hydrogen) atoms. The Bertz CT molecular complexity index is 282. The van der Waals surface area contributed by atoms with Gasteiger partial charge in [-0.2, -0.15) is 0 Å². The predicted octanol–water partition coefficient (Wildman–Crippen LogP) is 2.71. The van der Waals surface area contributed by atoms with E-state index in [0.717, 1.165) is 19.4 Å². The largest absolute Gasteiger partial charge is 1.00 e. The second kappa shape index (κ2) is 24.1. The number of nitrogens with zero attached hydrogens (tertiary/aromatic N) is 1. The summed E-state index contributed by atoms with van der Waals surface area (Å²) in [5.74, 6) is -0.907. The first-order valence-corrected chi connectivity index (χ1v) is 11.6. The molecule has 0 aromatic carbocycles. The second-order valence-corrected chi connectivity index (χ2v) is 7.91. The summed E-state index contributed by atoms with van der Waals surface area (Å²) in [6.07, 6.45) is 20.9. The maximum absolute atomic E-state index is 10.6. The van der Waals surface area contributed by atoms with E-state index < -0.39 is 5.97 Å². The zero-order valence-corrected chi connectivity index (χ0v) is 18.9. The van der Waals surface area contributed by atoms with E-state index in [1.54, 1.807) is 0 Å². The van der Waals surface area contributed by atoms with Crippen LogP contribution < -0.4 is 24.0 Å². The molecule has 0 bridgehead atoms. The molecule has 4 heteroatoms. The van der Waals surface area contributed by atoms with Gasteiger partial charge in [-0.25, -0.2) is 0 Å². The molecule has 0 heterocycles. The Kier molecular flexibility index (Phi) is 26.1. The number of hydrogen-bond acceptors (Lipinski definition) is 3. The minimum absolute atomic E-state index is 0. The third-order valence-corrected chi connectivity index (χ3v) is 5.26. The van der Waals surface area contributed by atoms with Crippen LogP contribution in [0.4, 0.5) is 0 Å². The summed E-state index contributed by atoms with van der Waals surface area (Å²) in [4.78, 5) is 13.1. The van der Waals surface area contributed by atoms with Gasteiger partial charge in [0.25, 0.3) is 0 Å². The van der Waals surface area contributed by atoms with Gasteiger partial charge >= 0.3 is 18.9 Å². The SMILES string of the molecule is CCCCCCCCCN(CCCCCCCCC)CCCCC(=O)[O-].[Li+]. The van der Waals surface area contributed by atoms with Gasteiger partial charge in [0.15, 0.2) is 0 Å². The third kappa shape index (κ3) is 24.0. The van der Waals surface area contributed by atoms with Crippen LogP contribution >= 0.6 is 0 Å². The Morgan fingerprint density at radius 2 is 0.926 bits per heavy atom. The number of aliphatic carboxylic acids is 1. The summed E-state index contributed by atoms with van der Waals surface area (Å²) < 4.78 is 0. The van der Waals surface area contributed by atoms with E-state index in [-0.39, 0.29) is 25.3 Å². The van der Waals surface area contributed by atoms with Crippen molar-refractivity contribution in [1.82, 2.24) is 4.90 Å². The average Bonchev–Trinajstić information content (AvgIpc) is 2.62. The molecule has 0 aliphatic heterocycles. The molecule has 156 valence electrons. The van der Waals surface area contributed by atoms with Crippen molar-refractivity contribution >= 4 is 5.97 Å². The molecule has 0 N–H and O–H groups in total. The van der Waals surface area contributed by atoms with Gasteiger partial charge in [0.1, 0.15) is 0 Å². The molecule has 0 saturated carbocycles. The number of unbranched alkanes of at least 4 members (excludes halogenated alkanes) is 13. The van der Waals surface area contributed by atoms with Crippen LogP contribution in [0.5, 0.6) is 0 Å². The Labute approximate surface area is 182 Å². The van der Waals surface area contributed by atoms with E-state index in [4.69, 9.17) is 0 Å². The summed E-state index contributed by atoms with van der Waals surface area (Å²) in [6.45, 7) is 7.97. The van der Waals surface area contributed by atoms with Gasteiger partial charge < -0.3 is 14.8 Å². The number of carboxylic acid groups (broad SMARTS) is 1. The summed E-state index contributed by atoms with van der Waals surface area (Å²) in [5.41, 5.74) is 0. The topological polar surface area (TPSA) is 43.4 Å². The molecular weight excluding hydrogens is 329 g/mol. The first kappa shape index (κ1) is 29.2. The first-order chi connectivity index (χ1) is 12.7. The Morgan fingerprint density at radius 3 is 1.30 bits per heavy atom. The maximum Gasteiger partial charge on any atom is 1.00 e. The van der Waals surface area contributed by atoms with Gasteiger partial charge in [0, 0.05) is 5.97 Å². The Morgan fingerprint density at radius 1 is 0.593 bits per heavy atom. The molecule has 0 amide bonds. The standard InChI is InChI=1S/C23H47NO2.Li/c1-3-5-7-9-11-13-16-20-24(22-18-15-19-23(25)26)21-17-14-12-10-8-6-4-2;/h3-22H2,1-2H3,(H,25,26);/q;+1/p-1. The van der Waals surface area contributed by atoms with E-state index in [0.29, 0.717) is 0 Å². The first-order valence-electron chi connectivity index (χ1n) is 11.6. The van der Waals surface area contributed by atoms with Crippen molar-refractivity contribution in [3.05, 3.63) is 0 Å². The number of rotatable bonds is 21. The minimum Gasteiger partial charge on any atom is -0.550 e. The van der Waals surface area contributed by atoms with Crippen LogP contribution in [0.1, 0.15) is 123 Å². The maximum atomic E-state index is 10.6. The fourth-order valence-corrected chi connectivity index (χ4v) is 3.53. The molecule has 0 saturated heterocycles. The molecule has 0 aliphatic rings. The van der Waals surface area contributed by atoms with E-state index >= 15 is 0 Å². The molecule has 0 fully saturated rings. The van der Waals surface area contributed by atoms with Crippen LogP contribution in [0.25, 0.3) is 0 Å². The van der Waals surface area contributed by atoms with Gasteiger partial charge in [0.05, 0.1) is 0 Å². The van der Waals surface area contributed by atoms with E-state index in [2.05, 4.69) is 18.7 Å². The van der Waals surface area contributed by atoms with Gasteiger partial charge in [-0.1, -0.05) is 90.9 Å². The van der Waals surface area contributed by atoms with Crippen molar-refractivity contribution in [2.45, 2.75) is 123 Å². The zero-order valence-electron chi connectivity index (χ0n) is 18.9. The van der Waals surface area contributed by atoms with E-state index in [1.807, 2.05) is 0 Å². The summed E-state index contributed by atoms with van der Waals surface area (Å²) >= 11 is 0. The quantitative estimate of drug-likeness (QED) is 0.229. The van der Waals surface area contributed by atoms with Crippen molar-refractivity contribution in [3.63, 3.8) is 0 Å². The van der Waals surface area contributed by atoms with E-state index in [9.17, 15) is 9.90 Å². The van der Waals surface area contributed by atoms with E-state index in [1.165, 1.54) is 103 Å². The molecule has 0 rings (SSSR count). The molecule has 0 spiro atoms. The average molecular weight is 376 g/mol. The zero-order chi connectivity index (χ0) is 19.3. The number of carbonyl (C=O) groups is 1. The van der Waals surface area contributed by atoms with Gasteiger partial charge in [0.2, 0.25) is 0 Å². The third-order valence-electron chi connectivity index (χ3n) is 5.26. The van der Waals surface area contributed by atoms with Gasteiger partial charge in [-0.15, -0.1) is 0 Å². The van der Waals surface area contributed by atoms with Crippen LogP contribution in [0.2, 0.25) is 0 Å². The molecule has 0 unspecified atom stereocenters. The van der Waals surface area contributed by atoms with Crippen molar-refractivity contribution in [2.24, 2.45) is 0 Å².